The van der Waals surface area contributed by atoms with Gasteiger partial charge < -0.3 is 10.1 Å². The van der Waals surface area contributed by atoms with Crippen LogP contribution in [0.4, 0.5) is 5.69 Å². The largest absolute Gasteiger partial charge is 0.480 e. The van der Waals surface area contributed by atoms with E-state index in [0.717, 1.165) is 11.6 Å². The van der Waals surface area contributed by atoms with Crippen molar-refractivity contribution in [2.45, 2.75) is 38.6 Å². The van der Waals surface area contributed by atoms with Crippen LogP contribution in [0, 0.1) is 5.92 Å². The van der Waals surface area contributed by atoms with Crippen LogP contribution in [0.1, 0.15) is 32.6 Å². The summed E-state index contributed by atoms with van der Waals surface area (Å²) in [6.45, 7) is 2.23. The van der Waals surface area contributed by atoms with Crippen LogP contribution in [0.3, 0.4) is 0 Å². The fourth-order valence-corrected chi connectivity index (χ4v) is 2.10. The van der Waals surface area contributed by atoms with E-state index in [4.69, 9.17) is 4.74 Å². The maximum Gasteiger partial charge on any atom is 0.237 e. The molecule has 3 nitrogen and oxygen atoms in total. The van der Waals surface area contributed by atoms with Gasteiger partial charge in [0.25, 0.3) is 0 Å². The van der Waals surface area contributed by atoms with Crippen molar-refractivity contribution >= 4 is 5.69 Å². The first-order chi connectivity index (χ1) is 7.85. The Labute approximate surface area is 97.2 Å². The minimum Gasteiger partial charge on any atom is -0.480 e. The van der Waals surface area contributed by atoms with E-state index in [2.05, 4.69) is 17.2 Å². The number of pyridine rings is 1. The number of hydrogen-bond acceptors (Lipinski definition) is 3. The van der Waals surface area contributed by atoms with Crippen LogP contribution in [-0.2, 0) is 0 Å². The highest BCUT2D eigenvalue weighted by Crippen LogP contribution is 2.37. The molecular formula is C13H20N2O. The third-order valence-electron chi connectivity index (χ3n) is 3.10. The Morgan fingerprint density at radius 3 is 3.00 bits per heavy atom. The summed E-state index contributed by atoms with van der Waals surface area (Å²) in [6.07, 6.45) is 6.93. The molecule has 1 unspecified atom stereocenters. The van der Waals surface area contributed by atoms with Crippen molar-refractivity contribution in [3.8, 4) is 5.88 Å². The van der Waals surface area contributed by atoms with Gasteiger partial charge in [0.2, 0.25) is 5.88 Å². The molecule has 0 aromatic carbocycles. The monoisotopic (exact) mass is 220 g/mol. The van der Waals surface area contributed by atoms with Crippen molar-refractivity contribution in [2.75, 3.05) is 12.4 Å². The van der Waals surface area contributed by atoms with Crippen LogP contribution >= 0.6 is 0 Å². The number of nitrogens with zero attached hydrogens (tertiary/aromatic N) is 1. The van der Waals surface area contributed by atoms with Gasteiger partial charge in [0.15, 0.2) is 0 Å². The van der Waals surface area contributed by atoms with Gasteiger partial charge in [-0.1, -0.05) is 13.3 Å². The second kappa shape index (κ2) is 5.19. The molecule has 1 aliphatic rings. The molecule has 2 rings (SSSR count). The zero-order valence-corrected chi connectivity index (χ0v) is 10.1. The van der Waals surface area contributed by atoms with E-state index >= 15 is 0 Å². The molecule has 0 amide bonds. The first-order valence-corrected chi connectivity index (χ1v) is 6.10. The lowest BCUT2D eigenvalue weighted by Gasteiger charge is -2.19. The van der Waals surface area contributed by atoms with Crippen molar-refractivity contribution in [3.05, 3.63) is 18.3 Å². The first kappa shape index (κ1) is 11.2. The van der Waals surface area contributed by atoms with Crippen LogP contribution in [0.25, 0.3) is 0 Å². The van der Waals surface area contributed by atoms with Gasteiger partial charge in [-0.15, -0.1) is 0 Å². The molecule has 1 saturated carbocycles. The number of hydrogen-bond donors (Lipinski definition) is 1. The van der Waals surface area contributed by atoms with Crippen molar-refractivity contribution in [1.29, 1.82) is 0 Å². The molecule has 3 heteroatoms. The Morgan fingerprint density at radius 2 is 2.38 bits per heavy atom. The van der Waals surface area contributed by atoms with E-state index in [0.29, 0.717) is 11.9 Å². The molecule has 1 aromatic rings. The lowest BCUT2D eigenvalue weighted by molar-refractivity contribution is 0.398. The lowest BCUT2D eigenvalue weighted by atomic mass is 10.1. The molecule has 1 fully saturated rings. The minimum absolute atomic E-state index is 0.586. The van der Waals surface area contributed by atoms with Crippen LogP contribution in [0.2, 0.25) is 0 Å². The highest BCUT2D eigenvalue weighted by Gasteiger charge is 2.30. The summed E-state index contributed by atoms with van der Waals surface area (Å²) >= 11 is 0. The standard InChI is InChI=1S/C13H20N2O/c1-3-5-11(10-7-8-10)15-12-6-4-9-14-13(12)16-2/h4,6,9-11,15H,3,5,7-8H2,1-2H3. The quantitative estimate of drug-likeness (QED) is 0.800. The Balaban J connectivity index is 2.05. The van der Waals surface area contributed by atoms with Gasteiger partial charge >= 0.3 is 0 Å². The fourth-order valence-electron chi connectivity index (χ4n) is 2.10. The zero-order valence-electron chi connectivity index (χ0n) is 10.1. The average molecular weight is 220 g/mol. The third kappa shape index (κ3) is 2.65. The Morgan fingerprint density at radius 1 is 1.56 bits per heavy atom. The maximum absolute atomic E-state index is 5.25. The molecular weight excluding hydrogens is 200 g/mol. The number of aromatic nitrogens is 1. The van der Waals surface area contributed by atoms with Crippen LogP contribution < -0.4 is 10.1 Å². The van der Waals surface area contributed by atoms with Gasteiger partial charge in [0.05, 0.1) is 12.8 Å². The van der Waals surface area contributed by atoms with Crippen molar-refractivity contribution in [1.82, 2.24) is 4.98 Å². The highest BCUT2D eigenvalue weighted by atomic mass is 16.5. The summed E-state index contributed by atoms with van der Waals surface area (Å²) in [6, 6.07) is 4.57. The van der Waals surface area contributed by atoms with E-state index in [1.54, 1.807) is 13.3 Å². The predicted octanol–water partition coefficient (Wildman–Crippen LogP) is 3.08. The Kier molecular flexibility index (Phi) is 3.65. The van der Waals surface area contributed by atoms with Gasteiger partial charge in [-0.2, -0.15) is 0 Å². The van der Waals surface area contributed by atoms with Gasteiger partial charge in [-0.25, -0.2) is 4.98 Å². The summed E-state index contributed by atoms with van der Waals surface area (Å²) in [5, 5.41) is 3.57. The number of ether oxygens (including phenoxy) is 1. The summed E-state index contributed by atoms with van der Waals surface area (Å²) in [4.78, 5) is 4.21. The third-order valence-corrected chi connectivity index (χ3v) is 3.10. The fraction of sp³-hybridized carbons (Fsp3) is 0.615. The van der Waals surface area contributed by atoms with E-state index < -0.39 is 0 Å². The summed E-state index contributed by atoms with van der Waals surface area (Å²) in [7, 11) is 1.67. The van der Waals surface area contributed by atoms with Crippen LogP contribution in [0.5, 0.6) is 5.88 Å². The smallest absolute Gasteiger partial charge is 0.237 e. The zero-order chi connectivity index (χ0) is 11.4. The molecule has 1 aliphatic carbocycles. The minimum atomic E-state index is 0.586. The van der Waals surface area contributed by atoms with E-state index in [1.165, 1.54) is 25.7 Å². The Hall–Kier alpha value is -1.25. The van der Waals surface area contributed by atoms with Crippen molar-refractivity contribution < 1.29 is 4.74 Å². The summed E-state index contributed by atoms with van der Waals surface area (Å²) in [5.41, 5.74) is 1.02. The second-order valence-corrected chi connectivity index (χ2v) is 4.44. The van der Waals surface area contributed by atoms with Gasteiger partial charge in [-0.05, 0) is 37.3 Å². The van der Waals surface area contributed by atoms with Crippen molar-refractivity contribution in [3.63, 3.8) is 0 Å². The molecule has 0 bridgehead atoms. The number of anilines is 1. The maximum atomic E-state index is 5.25. The summed E-state index contributed by atoms with van der Waals surface area (Å²) in [5.74, 6) is 1.55. The van der Waals surface area contributed by atoms with Crippen molar-refractivity contribution in [2.24, 2.45) is 5.92 Å². The number of methoxy groups -OCH3 is 1. The van der Waals surface area contributed by atoms with Gasteiger partial charge in [0, 0.05) is 12.2 Å². The van der Waals surface area contributed by atoms with Crippen LogP contribution in [0.15, 0.2) is 18.3 Å². The van der Waals surface area contributed by atoms with E-state index in [1.807, 2.05) is 12.1 Å². The van der Waals surface area contributed by atoms with Crippen LogP contribution in [-0.4, -0.2) is 18.1 Å². The molecule has 0 radical (unpaired) electrons. The van der Waals surface area contributed by atoms with Gasteiger partial charge in [-0.3, -0.25) is 0 Å². The SMILES string of the molecule is CCCC(Nc1cccnc1OC)C1CC1. The first-order valence-electron chi connectivity index (χ1n) is 6.10. The Bertz CT molecular complexity index is 336. The summed E-state index contributed by atoms with van der Waals surface area (Å²) < 4.78 is 5.25. The molecule has 0 aliphatic heterocycles. The molecule has 0 spiro atoms. The number of rotatable bonds is 6. The number of nitrogens with one attached hydrogen (secondary N) is 1. The van der Waals surface area contributed by atoms with E-state index in [-0.39, 0.29) is 0 Å². The molecule has 16 heavy (non-hydrogen) atoms. The molecule has 0 saturated heterocycles. The normalized spacial score (nSPS) is 16.9. The molecule has 1 atom stereocenters. The molecule has 1 heterocycles. The second-order valence-electron chi connectivity index (χ2n) is 4.44. The highest BCUT2D eigenvalue weighted by molar-refractivity contribution is 5.52. The molecule has 1 N–H and O–H groups in total. The van der Waals surface area contributed by atoms with Gasteiger partial charge in [0.1, 0.15) is 0 Å². The average Bonchev–Trinajstić information content (AvgIpc) is 3.13. The lowest BCUT2D eigenvalue weighted by Crippen LogP contribution is -2.22. The molecule has 88 valence electrons. The predicted molar refractivity (Wildman–Crippen MR) is 65.8 cm³/mol. The topological polar surface area (TPSA) is 34.2 Å². The molecule has 1 aromatic heterocycles. The van der Waals surface area contributed by atoms with E-state index in [9.17, 15) is 0 Å².